The van der Waals surface area contributed by atoms with Gasteiger partial charge in [0.2, 0.25) is 5.91 Å². The molecule has 2 heterocycles. The van der Waals surface area contributed by atoms with E-state index >= 15 is 0 Å². The van der Waals surface area contributed by atoms with Crippen LogP contribution in [0, 0.1) is 23.2 Å². The zero-order valence-corrected chi connectivity index (χ0v) is 13.8. The summed E-state index contributed by atoms with van der Waals surface area (Å²) >= 11 is 0. The molecule has 3 fully saturated rings. The molecular formula is C17H27FN2O2. The van der Waals surface area contributed by atoms with Crippen molar-refractivity contribution >= 4 is 11.8 Å². The standard InChI is InChI=1S/C17H27FN2O2/c1-4-12-7-13(12)15(21)19-6-5-17(8-19)9-20(10-17)16(22)14(18)11(2)3/h11-14H,4-10H2,1-3H3. The zero-order valence-electron chi connectivity index (χ0n) is 13.8. The minimum absolute atomic E-state index is 0.0403. The number of rotatable bonds is 4. The Morgan fingerprint density at radius 3 is 2.41 bits per heavy atom. The van der Waals surface area contributed by atoms with Crippen LogP contribution in [0.3, 0.4) is 0 Å². The molecule has 2 aliphatic heterocycles. The zero-order chi connectivity index (χ0) is 16.1. The molecule has 4 nitrogen and oxygen atoms in total. The number of alkyl halides is 1. The van der Waals surface area contributed by atoms with Crippen molar-refractivity contribution in [1.29, 1.82) is 0 Å². The number of hydrogen-bond donors (Lipinski definition) is 0. The second kappa shape index (κ2) is 5.50. The molecule has 3 atom stereocenters. The van der Waals surface area contributed by atoms with Gasteiger partial charge < -0.3 is 9.80 Å². The smallest absolute Gasteiger partial charge is 0.257 e. The van der Waals surface area contributed by atoms with Crippen molar-refractivity contribution in [3.8, 4) is 0 Å². The second-order valence-electron chi connectivity index (χ2n) is 7.86. The van der Waals surface area contributed by atoms with Gasteiger partial charge in [-0.25, -0.2) is 4.39 Å². The third kappa shape index (κ3) is 2.63. The summed E-state index contributed by atoms with van der Waals surface area (Å²) in [5.41, 5.74) is 0.0403. The predicted molar refractivity (Wildman–Crippen MR) is 81.8 cm³/mol. The minimum atomic E-state index is -1.40. The fraction of sp³-hybridized carbons (Fsp3) is 0.882. The fourth-order valence-electron chi connectivity index (χ4n) is 4.00. The molecule has 1 aliphatic carbocycles. The van der Waals surface area contributed by atoms with Crippen molar-refractivity contribution in [3.63, 3.8) is 0 Å². The van der Waals surface area contributed by atoms with Crippen LogP contribution in [-0.2, 0) is 9.59 Å². The van der Waals surface area contributed by atoms with E-state index in [1.165, 1.54) is 0 Å². The Labute approximate surface area is 132 Å². The number of halogens is 1. The SMILES string of the molecule is CCC1CC1C(=O)N1CCC2(CN(C(=O)C(F)C(C)C)C2)C1. The highest BCUT2D eigenvalue weighted by Crippen LogP contribution is 2.46. The predicted octanol–water partition coefficient (Wildman–Crippen LogP) is 2.09. The maximum absolute atomic E-state index is 13.8. The molecule has 0 aromatic heterocycles. The van der Waals surface area contributed by atoms with Gasteiger partial charge >= 0.3 is 0 Å². The number of carbonyl (C=O) groups is 2. The lowest BCUT2D eigenvalue weighted by Crippen LogP contribution is -2.61. The van der Waals surface area contributed by atoms with E-state index in [1.807, 2.05) is 4.90 Å². The minimum Gasteiger partial charge on any atom is -0.342 e. The second-order valence-corrected chi connectivity index (χ2v) is 7.86. The monoisotopic (exact) mass is 310 g/mol. The first kappa shape index (κ1) is 15.8. The van der Waals surface area contributed by atoms with Crippen molar-refractivity contribution in [2.45, 2.75) is 46.2 Å². The van der Waals surface area contributed by atoms with Gasteiger partial charge in [-0.2, -0.15) is 0 Å². The van der Waals surface area contributed by atoms with Crippen LogP contribution in [0.1, 0.15) is 40.0 Å². The molecule has 0 aromatic rings. The van der Waals surface area contributed by atoms with E-state index in [9.17, 15) is 14.0 Å². The normalized spacial score (nSPS) is 30.6. The van der Waals surface area contributed by atoms with Gasteiger partial charge in [-0.1, -0.05) is 27.2 Å². The van der Waals surface area contributed by atoms with Crippen molar-refractivity contribution < 1.29 is 14.0 Å². The van der Waals surface area contributed by atoms with E-state index < -0.39 is 6.17 Å². The molecule has 0 aromatic carbocycles. The quantitative estimate of drug-likeness (QED) is 0.798. The van der Waals surface area contributed by atoms with Gasteiger partial charge in [-0.3, -0.25) is 9.59 Å². The molecule has 5 heteroatoms. The van der Waals surface area contributed by atoms with Gasteiger partial charge in [0.05, 0.1) is 0 Å². The molecule has 0 radical (unpaired) electrons. The first-order chi connectivity index (χ1) is 10.4. The number of hydrogen-bond acceptors (Lipinski definition) is 2. The lowest BCUT2D eigenvalue weighted by Gasteiger charge is -2.48. The van der Waals surface area contributed by atoms with E-state index in [-0.39, 0.29) is 23.2 Å². The van der Waals surface area contributed by atoms with E-state index in [0.717, 1.165) is 32.4 Å². The number of carbonyl (C=O) groups excluding carboxylic acids is 2. The van der Waals surface area contributed by atoms with E-state index in [2.05, 4.69) is 6.92 Å². The van der Waals surface area contributed by atoms with Crippen LogP contribution in [-0.4, -0.2) is 54.0 Å². The lowest BCUT2D eigenvalue weighted by atomic mass is 9.78. The Bertz CT molecular complexity index is 473. The number of nitrogens with zero attached hydrogens (tertiary/aromatic N) is 2. The molecule has 22 heavy (non-hydrogen) atoms. The van der Waals surface area contributed by atoms with Crippen LogP contribution >= 0.6 is 0 Å². The Hall–Kier alpha value is -1.13. The Morgan fingerprint density at radius 2 is 1.86 bits per heavy atom. The van der Waals surface area contributed by atoms with Gasteiger partial charge in [0.1, 0.15) is 0 Å². The fourth-order valence-corrected chi connectivity index (χ4v) is 4.00. The number of likely N-dealkylation sites (tertiary alicyclic amines) is 2. The van der Waals surface area contributed by atoms with E-state index in [0.29, 0.717) is 24.9 Å². The molecule has 124 valence electrons. The average molecular weight is 310 g/mol. The molecule has 0 bridgehead atoms. The summed E-state index contributed by atoms with van der Waals surface area (Å²) in [6.45, 7) is 8.39. The van der Waals surface area contributed by atoms with Crippen LogP contribution in [0.2, 0.25) is 0 Å². The molecule has 3 rings (SSSR count). The summed E-state index contributed by atoms with van der Waals surface area (Å²) in [5, 5.41) is 0. The first-order valence-corrected chi connectivity index (χ1v) is 8.58. The topological polar surface area (TPSA) is 40.6 Å². The van der Waals surface area contributed by atoms with Crippen molar-refractivity contribution in [1.82, 2.24) is 9.80 Å². The Morgan fingerprint density at radius 1 is 1.23 bits per heavy atom. The summed E-state index contributed by atoms with van der Waals surface area (Å²) in [4.78, 5) is 28.0. The molecular weight excluding hydrogens is 283 g/mol. The van der Waals surface area contributed by atoms with Crippen LogP contribution in [0.5, 0.6) is 0 Å². The summed E-state index contributed by atoms with van der Waals surface area (Å²) in [6, 6.07) is 0. The highest BCUT2D eigenvalue weighted by atomic mass is 19.1. The number of amides is 2. The van der Waals surface area contributed by atoms with Crippen molar-refractivity contribution in [3.05, 3.63) is 0 Å². The maximum Gasteiger partial charge on any atom is 0.257 e. The molecule has 3 aliphatic rings. The van der Waals surface area contributed by atoms with Gasteiger partial charge in [-0.15, -0.1) is 0 Å². The Balaban J connectivity index is 1.50. The van der Waals surface area contributed by atoms with Crippen LogP contribution in [0.4, 0.5) is 4.39 Å². The largest absolute Gasteiger partial charge is 0.342 e. The third-order valence-corrected chi connectivity index (χ3v) is 5.70. The molecule has 2 saturated heterocycles. The summed E-state index contributed by atoms with van der Waals surface area (Å²) in [6.07, 6.45) is 1.69. The summed E-state index contributed by atoms with van der Waals surface area (Å²) in [7, 11) is 0. The van der Waals surface area contributed by atoms with Gasteiger partial charge in [-0.05, 0) is 24.7 Å². The first-order valence-electron chi connectivity index (χ1n) is 8.58. The van der Waals surface area contributed by atoms with Crippen LogP contribution < -0.4 is 0 Å². The summed E-state index contributed by atoms with van der Waals surface area (Å²) in [5.74, 6) is 0.486. The molecule has 1 saturated carbocycles. The third-order valence-electron chi connectivity index (χ3n) is 5.70. The lowest BCUT2D eigenvalue weighted by molar-refractivity contribution is -0.150. The van der Waals surface area contributed by atoms with Crippen molar-refractivity contribution in [2.24, 2.45) is 23.2 Å². The van der Waals surface area contributed by atoms with E-state index in [1.54, 1.807) is 18.7 Å². The highest BCUT2D eigenvalue weighted by molar-refractivity contribution is 5.83. The Kier molecular flexibility index (Phi) is 3.94. The molecule has 1 spiro atoms. The summed E-state index contributed by atoms with van der Waals surface area (Å²) < 4.78 is 13.8. The van der Waals surface area contributed by atoms with Gasteiger partial charge in [0.25, 0.3) is 5.91 Å². The van der Waals surface area contributed by atoms with Crippen LogP contribution in [0.25, 0.3) is 0 Å². The van der Waals surface area contributed by atoms with Crippen LogP contribution in [0.15, 0.2) is 0 Å². The van der Waals surface area contributed by atoms with Gasteiger partial charge in [0, 0.05) is 37.5 Å². The molecule has 3 unspecified atom stereocenters. The van der Waals surface area contributed by atoms with E-state index in [4.69, 9.17) is 0 Å². The molecule has 0 N–H and O–H groups in total. The molecule has 2 amide bonds. The maximum atomic E-state index is 13.8. The highest BCUT2D eigenvalue weighted by Gasteiger charge is 2.53. The van der Waals surface area contributed by atoms with Crippen molar-refractivity contribution in [2.75, 3.05) is 26.2 Å². The van der Waals surface area contributed by atoms with Gasteiger partial charge in [0.15, 0.2) is 6.17 Å². The average Bonchev–Trinajstić information content (AvgIpc) is 3.11.